The summed E-state index contributed by atoms with van der Waals surface area (Å²) in [4.78, 5) is 0. The molecule has 0 spiro atoms. The van der Waals surface area contributed by atoms with E-state index >= 15 is 0 Å². The van der Waals surface area contributed by atoms with E-state index in [0.717, 1.165) is 19.3 Å². The zero-order chi connectivity index (χ0) is 12.3. The second-order valence-electron chi connectivity index (χ2n) is 4.52. The van der Waals surface area contributed by atoms with Gasteiger partial charge in [-0.1, -0.05) is 45.4 Å². The maximum atomic E-state index is 5.81. The Morgan fingerprint density at radius 1 is 0.765 bits per heavy atom. The third-order valence-electron chi connectivity index (χ3n) is 2.88. The van der Waals surface area contributed by atoms with Crippen molar-refractivity contribution in [1.29, 1.82) is 0 Å². The molecule has 0 radical (unpaired) electrons. The van der Waals surface area contributed by atoms with Crippen molar-refractivity contribution in [3.63, 3.8) is 0 Å². The van der Waals surface area contributed by atoms with Crippen molar-refractivity contribution in [1.82, 2.24) is 0 Å². The fourth-order valence-electron chi connectivity index (χ4n) is 2.02. The molecule has 0 atom stereocenters. The minimum atomic E-state index is -1.82. The third kappa shape index (κ3) is 10.9. The first-order valence-electron chi connectivity index (χ1n) is 6.96. The largest absolute Gasteiger partial charge is 0.395 e. The summed E-state index contributed by atoms with van der Waals surface area (Å²) >= 11 is 0. The van der Waals surface area contributed by atoms with E-state index in [1.807, 2.05) is 0 Å². The van der Waals surface area contributed by atoms with Crippen LogP contribution in [0.5, 0.6) is 0 Å². The molecule has 0 bridgehead atoms. The van der Waals surface area contributed by atoms with Crippen molar-refractivity contribution in [2.75, 3.05) is 13.2 Å². The van der Waals surface area contributed by atoms with E-state index in [9.17, 15) is 0 Å². The molecular formula is C13H31FO2Si. The summed E-state index contributed by atoms with van der Waals surface area (Å²) in [6.45, 7) is 10.2. The average molecular weight is 266 g/mol. The Morgan fingerprint density at radius 2 is 1.24 bits per heavy atom. The average Bonchev–Trinajstić information content (AvgIpc) is 2.24. The fraction of sp³-hybridized carbons (Fsp3) is 1.00. The minimum absolute atomic E-state index is 0. The number of hydrogen-bond donors (Lipinski definition) is 0. The summed E-state index contributed by atoms with van der Waals surface area (Å²) in [5.41, 5.74) is 0. The quantitative estimate of drug-likeness (QED) is 0.400. The van der Waals surface area contributed by atoms with Crippen molar-refractivity contribution < 1.29 is 13.6 Å². The Hall–Kier alpha value is 0.0669. The lowest BCUT2D eigenvalue weighted by atomic mass is 10.1. The molecule has 0 N–H and O–H groups in total. The SMILES string of the molecule is CCCCCCCC[Si](C)(OCC)OCC.F. The molecular weight excluding hydrogens is 235 g/mol. The standard InChI is InChI=1S/C13H30O2Si.FH/c1-5-8-9-10-11-12-13-16(4,14-6-2)15-7-3;/h5-13H2,1-4H3;1H. The molecule has 0 aromatic carbocycles. The molecule has 106 valence electrons. The van der Waals surface area contributed by atoms with E-state index in [1.165, 1.54) is 38.5 Å². The maximum Gasteiger partial charge on any atom is 0.334 e. The van der Waals surface area contributed by atoms with Crippen LogP contribution in [0.1, 0.15) is 59.3 Å². The molecule has 0 saturated carbocycles. The molecule has 0 amide bonds. The predicted octanol–water partition coefficient (Wildman–Crippen LogP) is 4.64. The first kappa shape index (κ1) is 19.4. The number of rotatable bonds is 11. The molecule has 0 aliphatic carbocycles. The molecule has 0 heterocycles. The monoisotopic (exact) mass is 266 g/mol. The molecule has 4 heteroatoms. The van der Waals surface area contributed by atoms with Gasteiger partial charge in [-0.15, -0.1) is 0 Å². The lowest BCUT2D eigenvalue weighted by Gasteiger charge is -2.25. The summed E-state index contributed by atoms with van der Waals surface area (Å²) < 4.78 is 11.6. The van der Waals surface area contributed by atoms with Crippen LogP contribution >= 0.6 is 0 Å². The van der Waals surface area contributed by atoms with Gasteiger partial charge in [0, 0.05) is 13.2 Å². The van der Waals surface area contributed by atoms with Crippen LogP contribution in [0, 0.1) is 0 Å². The molecule has 0 unspecified atom stereocenters. The van der Waals surface area contributed by atoms with Crippen LogP contribution in [0.3, 0.4) is 0 Å². The summed E-state index contributed by atoms with van der Waals surface area (Å²) in [6, 6.07) is 1.15. The Labute approximate surface area is 108 Å². The van der Waals surface area contributed by atoms with Gasteiger partial charge in [0.25, 0.3) is 0 Å². The minimum Gasteiger partial charge on any atom is -0.395 e. The molecule has 0 fully saturated rings. The highest BCUT2D eigenvalue weighted by molar-refractivity contribution is 6.66. The van der Waals surface area contributed by atoms with Crippen molar-refractivity contribution in [2.24, 2.45) is 0 Å². The summed E-state index contributed by atoms with van der Waals surface area (Å²) in [7, 11) is -1.82. The van der Waals surface area contributed by atoms with Crippen LogP contribution < -0.4 is 0 Å². The van der Waals surface area contributed by atoms with E-state index in [1.54, 1.807) is 0 Å². The zero-order valence-corrected chi connectivity index (χ0v) is 13.1. The van der Waals surface area contributed by atoms with E-state index in [2.05, 4.69) is 27.3 Å². The first-order valence-corrected chi connectivity index (χ1v) is 9.48. The molecule has 0 saturated heterocycles. The summed E-state index contributed by atoms with van der Waals surface area (Å²) in [5.74, 6) is 0. The Balaban J connectivity index is 0. The topological polar surface area (TPSA) is 18.5 Å². The van der Waals surface area contributed by atoms with Crippen LogP contribution in [-0.4, -0.2) is 21.8 Å². The van der Waals surface area contributed by atoms with Crippen molar-refractivity contribution >= 4 is 8.56 Å². The van der Waals surface area contributed by atoms with Gasteiger partial charge in [-0.2, -0.15) is 0 Å². The van der Waals surface area contributed by atoms with Crippen LogP contribution in [0.15, 0.2) is 0 Å². The zero-order valence-electron chi connectivity index (χ0n) is 12.1. The Morgan fingerprint density at radius 3 is 1.71 bits per heavy atom. The van der Waals surface area contributed by atoms with Crippen LogP contribution in [0.4, 0.5) is 4.70 Å². The van der Waals surface area contributed by atoms with Gasteiger partial charge in [-0.25, -0.2) is 0 Å². The number of halogens is 1. The lowest BCUT2D eigenvalue weighted by molar-refractivity contribution is 0.188. The second kappa shape index (κ2) is 12.5. The van der Waals surface area contributed by atoms with Crippen LogP contribution in [-0.2, 0) is 8.85 Å². The van der Waals surface area contributed by atoms with Crippen LogP contribution in [0.2, 0.25) is 12.6 Å². The van der Waals surface area contributed by atoms with E-state index in [-0.39, 0.29) is 4.70 Å². The number of hydrogen-bond acceptors (Lipinski definition) is 2. The highest BCUT2D eigenvalue weighted by atomic mass is 28.4. The van der Waals surface area contributed by atoms with Crippen molar-refractivity contribution in [2.45, 2.75) is 71.9 Å². The van der Waals surface area contributed by atoms with Gasteiger partial charge in [0.05, 0.1) is 0 Å². The Bertz CT molecular complexity index is 150. The van der Waals surface area contributed by atoms with Gasteiger partial charge in [0.15, 0.2) is 0 Å². The van der Waals surface area contributed by atoms with Gasteiger partial charge in [0.2, 0.25) is 0 Å². The van der Waals surface area contributed by atoms with Crippen LogP contribution in [0.25, 0.3) is 0 Å². The highest BCUT2D eigenvalue weighted by Gasteiger charge is 2.29. The smallest absolute Gasteiger partial charge is 0.334 e. The fourth-order valence-corrected chi connectivity index (χ4v) is 4.51. The molecule has 0 aromatic heterocycles. The van der Waals surface area contributed by atoms with E-state index in [4.69, 9.17) is 8.85 Å². The molecule has 2 nitrogen and oxygen atoms in total. The van der Waals surface area contributed by atoms with Crippen molar-refractivity contribution in [3.05, 3.63) is 0 Å². The molecule has 0 aliphatic heterocycles. The molecule has 0 aromatic rings. The van der Waals surface area contributed by atoms with Gasteiger partial charge in [0.1, 0.15) is 0 Å². The van der Waals surface area contributed by atoms with E-state index < -0.39 is 8.56 Å². The molecule has 17 heavy (non-hydrogen) atoms. The molecule has 0 aliphatic rings. The Kier molecular flexibility index (Phi) is 14.3. The first-order chi connectivity index (χ1) is 7.68. The van der Waals surface area contributed by atoms with Gasteiger partial charge in [-0.3, -0.25) is 4.70 Å². The van der Waals surface area contributed by atoms with E-state index in [0.29, 0.717) is 0 Å². The molecule has 0 rings (SSSR count). The third-order valence-corrected chi connectivity index (χ3v) is 5.94. The van der Waals surface area contributed by atoms with Gasteiger partial charge >= 0.3 is 8.56 Å². The summed E-state index contributed by atoms with van der Waals surface area (Å²) in [6.07, 6.45) is 8.07. The maximum absolute atomic E-state index is 5.81. The van der Waals surface area contributed by atoms with Crippen molar-refractivity contribution in [3.8, 4) is 0 Å². The predicted molar refractivity (Wildman–Crippen MR) is 75.6 cm³/mol. The highest BCUT2D eigenvalue weighted by Crippen LogP contribution is 2.18. The lowest BCUT2D eigenvalue weighted by Crippen LogP contribution is -2.38. The van der Waals surface area contributed by atoms with Gasteiger partial charge < -0.3 is 8.85 Å². The van der Waals surface area contributed by atoms with Gasteiger partial charge in [-0.05, 0) is 26.4 Å². The normalized spacial score (nSPS) is 11.3. The second-order valence-corrected chi connectivity index (χ2v) is 7.86. The summed E-state index contributed by atoms with van der Waals surface area (Å²) in [5, 5.41) is 0. The number of unbranched alkanes of at least 4 members (excludes halogenated alkanes) is 5.